The summed E-state index contributed by atoms with van der Waals surface area (Å²) in [7, 11) is -6.09. The fourth-order valence-corrected chi connectivity index (χ4v) is 2.45. The Bertz CT molecular complexity index is 619. The predicted molar refractivity (Wildman–Crippen MR) is 74.3 cm³/mol. The highest BCUT2D eigenvalue weighted by molar-refractivity contribution is 7.86. The molecule has 128 valence electrons. The van der Waals surface area contributed by atoms with Gasteiger partial charge in [-0.3, -0.25) is 0 Å². The van der Waals surface area contributed by atoms with Gasteiger partial charge >= 0.3 is 26.7 Å². The number of hydrogen-bond acceptors (Lipinski definition) is 4. The maximum atomic E-state index is 10.7. The van der Waals surface area contributed by atoms with E-state index in [1.54, 1.807) is 6.08 Å². The summed E-state index contributed by atoms with van der Waals surface area (Å²) in [6, 6.07) is 10.4. The highest BCUT2D eigenvalue weighted by Gasteiger charge is 2.36. The number of alkyl halides is 3. The van der Waals surface area contributed by atoms with Crippen LogP contribution in [0.25, 0.3) is 0 Å². The standard InChI is InChI=1S/C13H14IO.CHF3O3S/c1-2-11-15-12-7-6-10-14-13-8-4-3-5-9-13;2-1(3,4)8(5,6)7/h2-5,8-9H,1,7,11-12H2;(H,5,6,7)/q+1;/p-1. The molecule has 0 saturated carbocycles. The number of benzene rings is 1. The minimum Gasteiger partial charge on any atom is -0.741 e. The summed E-state index contributed by atoms with van der Waals surface area (Å²) in [6.07, 6.45) is 2.57. The molecule has 0 aliphatic carbocycles. The molecule has 9 heteroatoms. The summed E-state index contributed by atoms with van der Waals surface area (Å²) in [5.74, 6) is 3.13. The van der Waals surface area contributed by atoms with Gasteiger partial charge in [-0.15, -0.1) is 6.58 Å². The summed E-state index contributed by atoms with van der Waals surface area (Å²) in [5.41, 5.74) is -5.65. The molecular weight excluding hydrogens is 448 g/mol. The summed E-state index contributed by atoms with van der Waals surface area (Å²) < 4.78 is 68.7. The van der Waals surface area contributed by atoms with Gasteiger partial charge in [0.2, 0.25) is 3.57 Å². The fraction of sp³-hybridized carbons (Fsp3) is 0.286. The average Bonchev–Trinajstić information content (AvgIpc) is 2.46. The van der Waals surface area contributed by atoms with Crippen LogP contribution in [0.5, 0.6) is 0 Å². The van der Waals surface area contributed by atoms with Gasteiger partial charge in [0.1, 0.15) is 0 Å². The molecular formula is C14H14F3IO4S. The second kappa shape index (κ2) is 11.4. The Morgan fingerprint density at radius 2 is 1.87 bits per heavy atom. The smallest absolute Gasteiger partial charge is 0.485 e. The Morgan fingerprint density at radius 3 is 2.35 bits per heavy atom. The molecule has 0 aliphatic rings. The van der Waals surface area contributed by atoms with E-state index in [4.69, 9.17) is 17.7 Å². The lowest BCUT2D eigenvalue weighted by molar-refractivity contribution is -0.535. The SMILES string of the molecule is C=CCOCCC#C[I+]c1ccccc1.O=S(=O)([O-])C(F)(F)F. The zero-order chi connectivity index (χ0) is 17.8. The van der Waals surface area contributed by atoms with E-state index in [1.807, 2.05) is 6.07 Å². The normalized spacial score (nSPS) is 10.8. The van der Waals surface area contributed by atoms with Crippen LogP contribution in [0.1, 0.15) is 6.42 Å². The third kappa shape index (κ3) is 12.1. The van der Waals surface area contributed by atoms with Crippen LogP contribution in [0.3, 0.4) is 0 Å². The molecule has 0 atom stereocenters. The average molecular weight is 462 g/mol. The van der Waals surface area contributed by atoms with E-state index in [1.165, 1.54) is 3.57 Å². The predicted octanol–water partition coefficient (Wildman–Crippen LogP) is -0.450. The Labute approximate surface area is 143 Å². The monoisotopic (exact) mass is 462 g/mol. The van der Waals surface area contributed by atoms with Gasteiger partial charge in [0.25, 0.3) is 0 Å². The Hall–Kier alpha value is -1.09. The van der Waals surface area contributed by atoms with E-state index in [0.717, 1.165) is 6.42 Å². The van der Waals surface area contributed by atoms with Gasteiger partial charge in [-0.05, 0) is 18.1 Å². The quantitative estimate of drug-likeness (QED) is 0.149. The highest BCUT2D eigenvalue weighted by Crippen LogP contribution is 2.20. The molecule has 1 rings (SSSR count). The molecule has 0 bridgehead atoms. The van der Waals surface area contributed by atoms with Crippen molar-refractivity contribution >= 4 is 10.1 Å². The van der Waals surface area contributed by atoms with Crippen LogP contribution >= 0.6 is 0 Å². The molecule has 0 N–H and O–H groups in total. The van der Waals surface area contributed by atoms with Crippen molar-refractivity contribution in [1.82, 2.24) is 0 Å². The first-order valence-electron chi connectivity index (χ1n) is 6.06. The fourth-order valence-electron chi connectivity index (χ4n) is 0.903. The van der Waals surface area contributed by atoms with Crippen LogP contribution in [-0.4, -0.2) is 31.7 Å². The molecule has 0 unspecified atom stereocenters. The molecule has 4 nitrogen and oxygen atoms in total. The summed E-state index contributed by atoms with van der Waals surface area (Å²) in [5, 5.41) is 0. The molecule has 0 radical (unpaired) electrons. The minimum atomic E-state index is -6.09. The molecule has 0 heterocycles. The zero-order valence-electron chi connectivity index (χ0n) is 11.8. The molecule has 0 spiro atoms. The third-order valence-electron chi connectivity index (χ3n) is 1.85. The number of rotatable bonds is 5. The van der Waals surface area contributed by atoms with E-state index in [0.29, 0.717) is 13.2 Å². The lowest BCUT2D eigenvalue weighted by atomic mass is 10.4. The van der Waals surface area contributed by atoms with Crippen LogP contribution in [-0.2, 0) is 14.9 Å². The molecule has 23 heavy (non-hydrogen) atoms. The van der Waals surface area contributed by atoms with Crippen molar-refractivity contribution in [2.45, 2.75) is 11.9 Å². The van der Waals surface area contributed by atoms with Crippen molar-refractivity contribution in [2.75, 3.05) is 13.2 Å². The van der Waals surface area contributed by atoms with Crippen molar-refractivity contribution < 1.29 is 52.1 Å². The van der Waals surface area contributed by atoms with Gasteiger partial charge in [-0.2, -0.15) is 13.2 Å². The molecule has 0 aromatic heterocycles. The van der Waals surface area contributed by atoms with Gasteiger partial charge in [-0.1, -0.05) is 24.3 Å². The molecule has 1 aromatic rings. The minimum absolute atomic E-state index is 0.136. The van der Waals surface area contributed by atoms with E-state index in [2.05, 4.69) is 40.7 Å². The van der Waals surface area contributed by atoms with Crippen molar-refractivity contribution in [3.8, 4) is 9.85 Å². The molecule has 0 fully saturated rings. The highest BCUT2D eigenvalue weighted by atomic mass is 127. The number of halogens is 4. The van der Waals surface area contributed by atoms with Crippen molar-refractivity contribution in [2.24, 2.45) is 0 Å². The van der Waals surface area contributed by atoms with E-state index < -0.39 is 15.6 Å². The van der Waals surface area contributed by atoms with Crippen LogP contribution in [0.2, 0.25) is 0 Å². The zero-order valence-corrected chi connectivity index (χ0v) is 14.8. The second-order valence-electron chi connectivity index (χ2n) is 3.67. The second-order valence-corrected chi connectivity index (χ2v) is 7.37. The largest absolute Gasteiger partial charge is 0.741 e. The van der Waals surface area contributed by atoms with Crippen molar-refractivity contribution in [3.63, 3.8) is 0 Å². The van der Waals surface area contributed by atoms with Crippen LogP contribution in [0.15, 0.2) is 43.0 Å². The van der Waals surface area contributed by atoms with E-state index in [-0.39, 0.29) is 21.2 Å². The van der Waals surface area contributed by atoms with Crippen molar-refractivity contribution in [1.29, 1.82) is 0 Å². The van der Waals surface area contributed by atoms with E-state index in [9.17, 15) is 13.2 Å². The van der Waals surface area contributed by atoms with Gasteiger partial charge in [0.15, 0.2) is 14.0 Å². The number of hydrogen-bond donors (Lipinski definition) is 0. The summed E-state index contributed by atoms with van der Waals surface area (Å²) in [6.45, 7) is 4.91. The lowest BCUT2D eigenvalue weighted by Crippen LogP contribution is -3.59. The van der Waals surface area contributed by atoms with Gasteiger partial charge in [0, 0.05) is 6.42 Å². The maximum absolute atomic E-state index is 10.7. The first-order valence-corrected chi connectivity index (χ1v) is 9.62. The third-order valence-corrected chi connectivity index (χ3v) is 4.41. The molecule has 0 aliphatic heterocycles. The number of ether oxygens (including phenoxy) is 1. The Balaban J connectivity index is 0.000000515. The first kappa shape index (κ1) is 21.9. The molecule has 1 aromatic carbocycles. The molecule has 0 saturated heterocycles. The van der Waals surface area contributed by atoms with Crippen LogP contribution in [0, 0.1) is 13.4 Å². The van der Waals surface area contributed by atoms with Gasteiger partial charge in [0.05, 0.1) is 13.2 Å². The first-order chi connectivity index (χ1) is 10.7. The Morgan fingerprint density at radius 1 is 1.30 bits per heavy atom. The van der Waals surface area contributed by atoms with Gasteiger partial charge < -0.3 is 9.29 Å². The van der Waals surface area contributed by atoms with E-state index >= 15 is 0 Å². The summed E-state index contributed by atoms with van der Waals surface area (Å²) >= 11 is -0.136. The maximum Gasteiger partial charge on any atom is 0.485 e. The lowest BCUT2D eigenvalue weighted by Gasteiger charge is -2.08. The van der Waals surface area contributed by atoms with Crippen LogP contribution < -0.4 is 21.2 Å². The van der Waals surface area contributed by atoms with Crippen LogP contribution in [0.4, 0.5) is 13.2 Å². The molecule has 0 amide bonds. The van der Waals surface area contributed by atoms with Gasteiger partial charge in [-0.25, -0.2) is 8.42 Å². The summed E-state index contributed by atoms with van der Waals surface area (Å²) in [4.78, 5) is 0. The van der Waals surface area contributed by atoms with Crippen molar-refractivity contribution in [3.05, 3.63) is 46.6 Å². The Kier molecular flexibility index (Phi) is 10.9. The topological polar surface area (TPSA) is 66.4 Å².